The molecule has 2 aromatic rings. The van der Waals surface area contributed by atoms with Crippen LogP contribution in [-0.2, 0) is 10.7 Å². The summed E-state index contributed by atoms with van der Waals surface area (Å²) in [5.41, 5.74) is 0. The number of amides is 1. The Morgan fingerprint density at radius 3 is 2.40 bits per heavy atom. The summed E-state index contributed by atoms with van der Waals surface area (Å²) in [4.78, 5) is 10.9. The minimum absolute atomic E-state index is 0.327. The summed E-state index contributed by atoms with van der Waals surface area (Å²) in [6.07, 6.45) is -1.93. The molecule has 0 saturated heterocycles. The molecule has 25 heavy (non-hydrogen) atoms. The number of alkyl halides is 4. The van der Waals surface area contributed by atoms with E-state index in [2.05, 4.69) is 0 Å². The van der Waals surface area contributed by atoms with Gasteiger partial charge in [0.25, 0.3) is 11.8 Å². The molecular formula is C15H15F4NO4S. The number of hydrogen-bond donors (Lipinski definition) is 1. The molecule has 5 nitrogen and oxygen atoms in total. The van der Waals surface area contributed by atoms with Crippen molar-refractivity contribution in [3.05, 3.63) is 23.1 Å². The molecule has 1 aromatic carbocycles. The lowest BCUT2D eigenvalue weighted by molar-refractivity contribution is -0.218. The molecule has 0 spiro atoms. The van der Waals surface area contributed by atoms with Gasteiger partial charge in [-0.3, -0.25) is 10.0 Å². The summed E-state index contributed by atoms with van der Waals surface area (Å²) in [5, 5.41) is 8.41. The molecule has 0 atom stereocenters. The van der Waals surface area contributed by atoms with E-state index in [9.17, 15) is 22.4 Å². The largest absolute Gasteiger partial charge is 0.493 e. The van der Waals surface area contributed by atoms with E-state index in [-0.39, 0.29) is 4.88 Å². The van der Waals surface area contributed by atoms with Crippen LogP contribution in [0, 0.1) is 0 Å². The quantitative estimate of drug-likeness (QED) is 0.338. The zero-order valence-electron chi connectivity index (χ0n) is 13.3. The number of fused-ring (bicyclic) bond motifs is 1. The lowest BCUT2D eigenvalue weighted by Gasteiger charge is -2.17. The highest BCUT2D eigenvalue weighted by Gasteiger charge is 2.35. The number of methoxy groups -OCH3 is 2. The fourth-order valence-electron chi connectivity index (χ4n) is 2.16. The summed E-state index contributed by atoms with van der Waals surface area (Å²) >= 11 is 0.798. The molecule has 0 fully saturated rings. The number of carbonyl (C=O) groups is 1. The van der Waals surface area contributed by atoms with Crippen LogP contribution < -0.4 is 9.47 Å². The van der Waals surface area contributed by atoms with Gasteiger partial charge in [-0.2, -0.15) is 13.8 Å². The summed E-state index contributed by atoms with van der Waals surface area (Å²) < 4.78 is 63.6. The number of thiophene rings is 1. The van der Waals surface area contributed by atoms with Gasteiger partial charge in [0.1, 0.15) is 0 Å². The molecule has 0 unspecified atom stereocenters. The molecular weight excluding hydrogens is 366 g/mol. The van der Waals surface area contributed by atoms with Crippen molar-refractivity contribution < 1.29 is 37.0 Å². The molecule has 1 aromatic heterocycles. The molecule has 0 aliphatic carbocycles. The van der Waals surface area contributed by atoms with Gasteiger partial charge in [0.15, 0.2) is 11.5 Å². The topological polar surface area (TPSA) is 59.0 Å². The van der Waals surface area contributed by atoms with Crippen molar-refractivity contribution in [2.45, 2.75) is 25.3 Å². The van der Waals surface area contributed by atoms with Crippen molar-refractivity contribution in [1.82, 2.24) is 5.06 Å². The standard InChI is InChI=1S/C15H15F4NO4S/c1-23-9-5-8-6-12(25-11(8)7-10(9)24-2)15(18,19)4-3-13(21)20(22)14(16)17/h5-7,14,22H,3-4H2,1-2H3. The first-order valence-corrected chi connectivity index (χ1v) is 7.84. The van der Waals surface area contributed by atoms with Gasteiger partial charge in [-0.25, -0.2) is 8.78 Å². The fourth-order valence-corrected chi connectivity index (χ4v) is 3.23. The number of benzene rings is 1. The molecule has 138 valence electrons. The number of ether oxygens (including phenoxy) is 2. The third-order valence-electron chi connectivity index (χ3n) is 3.48. The highest BCUT2D eigenvalue weighted by Crippen LogP contribution is 2.43. The Labute approximate surface area is 144 Å². The monoisotopic (exact) mass is 381 g/mol. The number of rotatable bonds is 7. The van der Waals surface area contributed by atoms with Crippen LogP contribution in [0.3, 0.4) is 0 Å². The van der Waals surface area contributed by atoms with Gasteiger partial charge in [-0.15, -0.1) is 11.3 Å². The van der Waals surface area contributed by atoms with Crippen molar-refractivity contribution in [1.29, 1.82) is 0 Å². The Kier molecular flexibility index (Phi) is 5.73. The third-order valence-corrected chi connectivity index (χ3v) is 4.69. The SMILES string of the molecule is COc1cc2cc(C(F)(F)CCC(=O)N(O)C(F)F)sc2cc1OC. The molecule has 1 amide bonds. The molecule has 0 aliphatic rings. The summed E-state index contributed by atoms with van der Waals surface area (Å²) in [6.45, 7) is -3.45. The Balaban J connectivity index is 2.22. The number of hydroxylamine groups is 2. The molecule has 0 aliphatic heterocycles. The molecule has 0 bridgehead atoms. The van der Waals surface area contributed by atoms with E-state index in [0.29, 0.717) is 21.6 Å². The molecule has 1 heterocycles. The van der Waals surface area contributed by atoms with E-state index in [1.807, 2.05) is 0 Å². The minimum atomic E-state index is -3.45. The number of hydrogen-bond acceptors (Lipinski definition) is 5. The minimum Gasteiger partial charge on any atom is -0.493 e. The Morgan fingerprint density at radius 2 is 1.84 bits per heavy atom. The van der Waals surface area contributed by atoms with E-state index in [1.165, 1.54) is 20.3 Å². The van der Waals surface area contributed by atoms with Crippen LogP contribution in [0.2, 0.25) is 0 Å². The van der Waals surface area contributed by atoms with Gasteiger partial charge in [0, 0.05) is 23.6 Å². The van der Waals surface area contributed by atoms with Gasteiger partial charge in [0.2, 0.25) is 0 Å². The maximum absolute atomic E-state index is 14.3. The van der Waals surface area contributed by atoms with Crippen LogP contribution >= 0.6 is 11.3 Å². The third kappa shape index (κ3) is 4.13. The highest BCUT2D eigenvalue weighted by molar-refractivity contribution is 7.19. The Morgan fingerprint density at radius 1 is 1.24 bits per heavy atom. The first-order valence-electron chi connectivity index (χ1n) is 7.02. The van der Waals surface area contributed by atoms with Crippen molar-refractivity contribution in [3.8, 4) is 11.5 Å². The second kappa shape index (κ2) is 7.44. The maximum atomic E-state index is 14.3. The number of nitrogens with zero attached hydrogens (tertiary/aromatic N) is 1. The van der Waals surface area contributed by atoms with Crippen molar-refractivity contribution >= 4 is 27.3 Å². The van der Waals surface area contributed by atoms with Crippen LogP contribution in [0.25, 0.3) is 10.1 Å². The predicted octanol–water partition coefficient (Wildman–Crippen LogP) is 4.23. The summed E-state index contributed by atoms with van der Waals surface area (Å²) in [7, 11) is 2.84. The lowest BCUT2D eigenvalue weighted by atomic mass is 10.1. The fraction of sp³-hybridized carbons (Fsp3) is 0.400. The smallest absolute Gasteiger partial charge is 0.339 e. The second-order valence-corrected chi connectivity index (χ2v) is 6.16. The normalized spacial score (nSPS) is 11.8. The van der Waals surface area contributed by atoms with Crippen LogP contribution in [0.4, 0.5) is 17.6 Å². The van der Waals surface area contributed by atoms with Crippen LogP contribution in [0.1, 0.15) is 17.7 Å². The van der Waals surface area contributed by atoms with Crippen molar-refractivity contribution in [2.24, 2.45) is 0 Å². The van der Waals surface area contributed by atoms with Crippen LogP contribution in [0.5, 0.6) is 11.5 Å². The number of carbonyl (C=O) groups excluding carboxylic acids is 1. The first kappa shape index (κ1) is 19.3. The van der Waals surface area contributed by atoms with Gasteiger partial charge < -0.3 is 9.47 Å². The molecule has 10 heteroatoms. The van der Waals surface area contributed by atoms with E-state index in [4.69, 9.17) is 14.7 Å². The van der Waals surface area contributed by atoms with Gasteiger partial charge in [-0.1, -0.05) is 0 Å². The van der Waals surface area contributed by atoms with E-state index in [1.54, 1.807) is 12.1 Å². The summed E-state index contributed by atoms with van der Waals surface area (Å²) in [6, 6.07) is 4.34. The van der Waals surface area contributed by atoms with E-state index in [0.717, 1.165) is 11.3 Å². The lowest BCUT2D eigenvalue weighted by Crippen LogP contribution is -2.32. The second-order valence-electron chi connectivity index (χ2n) is 5.08. The van der Waals surface area contributed by atoms with E-state index < -0.39 is 36.3 Å². The van der Waals surface area contributed by atoms with Gasteiger partial charge >= 0.3 is 6.55 Å². The summed E-state index contributed by atoms with van der Waals surface area (Å²) in [5.74, 6) is -4.12. The van der Waals surface area contributed by atoms with Crippen LogP contribution in [-0.4, -0.2) is 36.9 Å². The number of halogens is 4. The Bertz CT molecular complexity index is 724. The average molecular weight is 381 g/mol. The van der Waals surface area contributed by atoms with Gasteiger partial charge in [0.05, 0.1) is 19.1 Å². The molecule has 0 saturated carbocycles. The zero-order valence-corrected chi connectivity index (χ0v) is 14.1. The Hall–Kier alpha value is -2.07. The zero-order chi connectivity index (χ0) is 18.8. The molecule has 1 N–H and O–H groups in total. The molecule has 0 radical (unpaired) electrons. The first-order chi connectivity index (χ1) is 11.7. The highest BCUT2D eigenvalue weighted by atomic mass is 32.1. The maximum Gasteiger partial charge on any atom is 0.339 e. The van der Waals surface area contributed by atoms with Crippen LogP contribution in [0.15, 0.2) is 18.2 Å². The van der Waals surface area contributed by atoms with Crippen molar-refractivity contribution in [2.75, 3.05) is 14.2 Å². The molecule has 2 rings (SSSR count). The van der Waals surface area contributed by atoms with Crippen molar-refractivity contribution in [3.63, 3.8) is 0 Å². The van der Waals surface area contributed by atoms with Gasteiger partial charge in [-0.05, 0) is 17.5 Å². The average Bonchev–Trinajstić information content (AvgIpc) is 3.01. The predicted molar refractivity (Wildman–Crippen MR) is 82.7 cm³/mol. The van der Waals surface area contributed by atoms with E-state index >= 15 is 0 Å².